The predicted molar refractivity (Wildman–Crippen MR) is 63.9 cm³/mol. The molecule has 0 amide bonds. The summed E-state index contributed by atoms with van der Waals surface area (Å²) in [6.07, 6.45) is 2.92. The van der Waals surface area contributed by atoms with Gasteiger partial charge < -0.3 is 4.90 Å². The lowest BCUT2D eigenvalue weighted by Crippen LogP contribution is -2.40. The lowest BCUT2D eigenvalue weighted by atomic mass is 9.88. The van der Waals surface area contributed by atoms with E-state index < -0.39 is 0 Å². The molecule has 0 aromatic carbocycles. The summed E-state index contributed by atoms with van der Waals surface area (Å²) in [5, 5.41) is 0. The first-order valence-electron chi connectivity index (χ1n) is 6.27. The minimum absolute atomic E-state index is 0.349. The Hall–Kier alpha value is -0.370. The molecule has 1 aliphatic heterocycles. The van der Waals surface area contributed by atoms with Gasteiger partial charge in [0.1, 0.15) is 5.78 Å². The van der Waals surface area contributed by atoms with E-state index in [9.17, 15) is 4.79 Å². The maximum absolute atomic E-state index is 11.9. The van der Waals surface area contributed by atoms with Gasteiger partial charge in [0.2, 0.25) is 0 Å². The second kappa shape index (κ2) is 5.64. The molecular formula is C13H25NO. The van der Waals surface area contributed by atoms with Gasteiger partial charge >= 0.3 is 0 Å². The number of rotatable bonds is 4. The third-order valence-electron chi connectivity index (χ3n) is 3.32. The van der Waals surface area contributed by atoms with Crippen LogP contribution >= 0.6 is 0 Å². The second-order valence-corrected chi connectivity index (χ2v) is 5.47. The van der Waals surface area contributed by atoms with Gasteiger partial charge in [-0.15, -0.1) is 0 Å². The molecule has 2 nitrogen and oxygen atoms in total. The Balaban J connectivity index is 2.34. The smallest absolute Gasteiger partial charge is 0.136 e. The Morgan fingerprint density at radius 3 is 2.13 bits per heavy atom. The van der Waals surface area contributed by atoms with Crippen molar-refractivity contribution in [2.75, 3.05) is 13.1 Å². The zero-order chi connectivity index (χ0) is 11.4. The average molecular weight is 211 g/mol. The van der Waals surface area contributed by atoms with Crippen molar-refractivity contribution < 1.29 is 4.79 Å². The molecule has 15 heavy (non-hydrogen) atoms. The fraction of sp³-hybridized carbons (Fsp3) is 0.923. The van der Waals surface area contributed by atoms with Crippen LogP contribution in [0.5, 0.6) is 0 Å². The standard InChI is InChI=1S/C13H25NO/c1-10(2)9-13(15)12-5-7-14(8-6-12)11(3)4/h10-12H,5-9H2,1-4H3. The van der Waals surface area contributed by atoms with Crippen LogP contribution < -0.4 is 0 Å². The molecule has 0 radical (unpaired) electrons. The third-order valence-corrected chi connectivity index (χ3v) is 3.32. The van der Waals surface area contributed by atoms with Crippen molar-refractivity contribution in [2.45, 2.75) is 53.0 Å². The number of hydrogen-bond donors (Lipinski definition) is 0. The summed E-state index contributed by atoms with van der Waals surface area (Å²) >= 11 is 0. The normalized spacial score (nSPS) is 20.1. The first-order chi connectivity index (χ1) is 7.00. The van der Waals surface area contributed by atoms with Crippen LogP contribution in [0.2, 0.25) is 0 Å². The van der Waals surface area contributed by atoms with Crippen LogP contribution in [-0.4, -0.2) is 29.8 Å². The van der Waals surface area contributed by atoms with Crippen molar-refractivity contribution in [3.63, 3.8) is 0 Å². The van der Waals surface area contributed by atoms with Crippen LogP contribution in [0.4, 0.5) is 0 Å². The number of carbonyl (C=O) groups is 1. The quantitative estimate of drug-likeness (QED) is 0.712. The number of Topliss-reactive ketones (excluding diaryl/α,β-unsaturated/α-hetero) is 1. The highest BCUT2D eigenvalue weighted by molar-refractivity contribution is 5.81. The predicted octanol–water partition coefficient (Wildman–Crippen LogP) is 2.72. The summed E-state index contributed by atoms with van der Waals surface area (Å²) in [5.74, 6) is 1.36. The lowest BCUT2D eigenvalue weighted by molar-refractivity contribution is -0.125. The van der Waals surface area contributed by atoms with Gasteiger partial charge in [-0.25, -0.2) is 0 Å². The van der Waals surface area contributed by atoms with Gasteiger partial charge in [0, 0.05) is 18.4 Å². The summed E-state index contributed by atoms with van der Waals surface area (Å²) in [5.41, 5.74) is 0. The molecular weight excluding hydrogens is 186 g/mol. The van der Waals surface area contributed by atoms with Gasteiger partial charge in [0.15, 0.2) is 0 Å². The number of likely N-dealkylation sites (tertiary alicyclic amines) is 1. The van der Waals surface area contributed by atoms with Gasteiger partial charge in [-0.1, -0.05) is 13.8 Å². The number of carbonyl (C=O) groups excluding carboxylic acids is 1. The Bertz CT molecular complexity index is 203. The van der Waals surface area contributed by atoms with Crippen molar-refractivity contribution in [1.82, 2.24) is 4.90 Å². The van der Waals surface area contributed by atoms with E-state index >= 15 is 0 Å². The van der Waals surface area contributed by atoms with Crippen molar-refractivity contribution >= 4 is 5.78 Å². The summed E-state index contributed by atoms with van der Waals surface area (Å²) in [6, 6.07) is 0.631. The molecule has 0 aromatic rings. The topological polar surface area (TPSA) is 20.3 Å². The van der Waals surface area contributed by atoms with Crippen molar-refractivity contribution in [2.24, 2.45) is 11.8 Å². The highest BCUT2D eigenvalue weighted by Gasteiger charge is 2.25. The Morgan fingerprint density at radius 2 is 1.73 bits per heavy atom. The van der Waals surface area contributed by atoms with E-state index in [2.05, 4.69) is 32.6 Å². The van der Waals surface area contributed by atoms with Crippen LogP contribution in [0, 0.1) is 11.8 Å². The molecule has 0 bridgehead atoms. The number of nitrogens with zero attached hydrogens (tertiary/aromatic N) is 1. The fourth-order valence-electron chi connectivity index (χ4n) is 2.31. The van der Waals surface area contributed by atoms with Crippen LogP contribution in [0.3, 0.4) is 0 Å². The highest BCUT2D eigenvalue weighted by atomic mass is 16.1. The first-order valence-corrected chi connectivity index (χ1v) is 6.27. The summed E-state index contributed by atoms with van der Waals surface area (Å²) < 4.78 is 0. The number of piperidine rings is 1. The maximum Gasteiger partial charge on any atom is 0.136 e. The van der Waals surface area contributed by atoms with Crippen LogP contribution in [0.25, 0.3) is 0 Å². The van der Waals surface area contributed by atoms with Crippen molar-refractivity contribution in [3.8, 4) is 0 Å². The summed E-state index contributed by atoms with van der Waals surface area (Å²) in [6.45, 7) is 10.9. The molecule has 1 heterocycles. The van der Waals surface area contributed by atoms with Gasteiger partial charge in [-0.2, -0.15) is 0 Å². The van der Waals surface area contributed by atoms with E-state index in [0.717, 1.165) is 32.4 Å². The largest absolute Gasteiger partial charge is 0.301 e. The van der Waals surface area contributed by atoms with E-state index in [1.807, 2.05) is 0 Å². The molecule has 1 fully saturated rings. The SMILES string of the molecule is CC(C)CC(=O)C1CCN(C(C)C)CC1. The van der Waals surface area contributed by atoms with Crippen LogP contribution in [0.15, 0.2) is 0 Å². The van der Waals surface area contributed by atoms with Gasteiger partial charge in [-0.05, 0) is 45.7 Å². The van der Waals surface area contributed by atoms with Gasteiger partial charge in [-0.3, -0.25) is 4.79 Å². The molecule has 0 N–H and O–H groups in total. The number of ketones is 1. The lowest BCUT2D eigenvalue weighted by Gasteiger charge is -2.34. The highest BCUT2D eigenvalue weighted by Crippen LogP contribution is 2.22. The molecule has 2 heteroatoms. The Kier molecular flexibility index (Phi) is 4.78. The van der Waals surface area contributed by atoms with E-state index in [0.29, 0.717) is 23.7 Å². The zero-order valence-electron chi connectivity index (χ0n) is 10.6. The molecule has 0 atom stereocenters. The maximum atomic E-state index is 11.9. The van der Waals surface area contributed by atoms with Crippen molar-refractivity contribution in [3.05, 3.63) is 0 Å². The Morgan fingerprint density at radius 1 is 1.20 bits per heavy atom. The molecule has 0 saturated carbocycles. The molecule has 0 aromatic heterocycles. The minimum atomic E-state index is 0.349. The minimum Gasteiger partial charge on any atom is -0.301 e. The first kappa shape index (κ1) is 12.7. The van der Waals surface area contributed by atoms with Crippen LogP contribution in [-0.2, 0) is 4.79 Å². The fourth-order valence-corrected chi connectivity index (χ4v) is 2.31. The monoisotopic (exact) mass is 211 g/mol. The van der Waals surface area contributed by atoms with E-state index in [1.54, 1.807) is 0 Å². The van der Waals surface area contributed by atoms with Crippen LogP contribution in [0.1, 0.15) is 47.0 Å². The Labute approximate surface area is 94.0 Å². The van der Waals surface area contributed by atoms with Gasteiger partial charge in [0.25, 0.3) is 0 Å². The summed E-state index contributed by atoms with van der Waals surface area (Å²) in [4.78, 5) is 14.3. The molecule has 88 valence electrons. The zero-order valence-corrected chi connectivity index (χ0v) is 10.6. The van der Waals surface area contributed by atoms with E-state index in [-0.39, 0.29) is 0 Å². The molecule has 1 saturated heterocycles. The molecule has 1 aliphatic rings. The third kappa shape index (κ3) is 3.94. The van der Waals surface area contributed by atoms with Crippen molar-refractivity contribution in [1.29, 1.82) is 0 Å². The van der Waals surface area contributed by atoms with E-state index in [4.69, 9.17) is 0 Å². The average Bonchev–Trinajstić information content (AvgIpc) is 2.17. The number of hydrogen-bond acceptors (Lipinski definition) is 2. The molecule has 0 aliphatic carbocycles. The summed E-state index contributed by atoms with van der Waals surface area (Å²) in [7, 11) is 0. The van der Waals surface area contributed by atoms with E-state index in [1.165, 1.54) is 0 Å². The molecule has 0 unspecified atom stereocenters. The molecule has 1 rings (SSSR count). The second-order valence-electron chi connectivity index (χ2n) is 5.47. The molecule has 0 spiro atoms. The van der Waals surface area contributed by atoms with Gasteiger partial charge in [0.05, 0.1) is 0 Å².